The molecule has 1 saturated heterocycles. The van der Waals surface area contributed by atoms with E-state index >= 15 is 0 Å². The Kier molecular flexibility index (Phi) is 6.11. The summed E-state index contributed by atoms with van der Waals surface area (Å²) in [5, 5.41) is 3.63. The minimum absolute atomic E-state index is 0.696. The van der Waals surface area contributed by atoms with Crippen molar-refractivity contribution in [3.05, 3.63) is 0 Å². The smallest absolute Gasteiger partial charge is 0.0494 e. The van der Waals surface area contributed by atoms with Gasteiger partial charge in [0.15, 0.2) is 0 Å². The molecule has 0 bridgehead atoms. The first-order chi connectivity index (χ1) is 9.22. The van der Waals surface area contributed by atoms with Crippen LogP contribution in [-0.2, 0) is 4.74 Å². The van der Waals surface area contributed by atoms with E-state index < -0.39 is 0 Å². The van der Waals surface area contributed by atoms with Gasteiger partial charge in [-0.15, -0.1) is 0 Å². The number of hydrogen-bond donors (Lipinski definition) is 1. The van der Waals surface area contributed by atoms with Crippen molar-refractivity contribution in [3.63, 3.8) is 0 Å². The summed E-state index contributed by atoms with van der Waals surface area (Å²) in [4.78, 5) is 2.65. The van der Waals surface area contributed by atoms with Crippen molar-refractivity contribution in [2.45, 2.75) is 58.5 Å². The fraction of sp³-hybridized carbons (Fsp3) is 1.00. The standard InChI is InChI=1S/C16H32N2O/c1-4-17-16-8-10-18(14(3)13(16)2)9-5-11-19-12-15-6-7-15/h13-17H,4-12H2,1-3H3. The zero-order valence-corrected chi connectivity index (χ0v) is 13.0. The molecule has 0 amide bonds. The van der Waals surface area contributed by atoms with Crippen LogP contribution >= 0.6 is 0 Å². The predicted molar refractivity (Wildman–Crippen MR) is 80.4 cm³/mol. The summed E-state index contributed by atoms with van der Waals surface area (Å²) < 4.78 is 5.73. The maximum absolute atomic E-state index is 5.73. The number of rotatable bonds is 8. The van der Waals surface area contributed by atoms with E-state index in [1.807, 2.05) is 0 Å². The molecular weight excluding hydrogens is 236 g/mol. The summed E-state index contributed by atoms with van der Waals surface area (Å²) in [5.41, 5.74) is 0. The van der Waals surface area contributed by atoms with Gasteiger partial charge in [0.2, 0.25) is 0 Å². The molecule has 3 atom stereocenters. The zero-order valence-electron chi connectivity index (χ0n) is 13.0. The molecule has 0 radical (unpaired) electrons. The summed E-state index contributed by atoms with van der Waals surface area (Å²) in [6.45, 7) is 12.5. The van der Waals surface area contributed by atoms with Crippen LogP contribution in [0.5, 0.6) is 0 Å². The summed E-state index contributed by atoms with van der Waals surface area (Å²) in [6, 6.07) is 1.41. The van der Waals surface area contributed by atoms with Gasteiger partial charge in [-0.25, -0.2) is 0 Å². The van der Waals surface area contributed by atoms with Crippen LogP contribution < -0.4 is 5.32 Å². The Hall–Kier alpha value is -0.120. The number of piperidine rings is 1. The van der Waals surface area contributed by atoms with Gasteiger partial charge in [-0.3, -0.25) is 0 Å². The van der Waals surface area contributed by atoms with E-state index in [2.05, 4.69) is 31.0 Å². The molecule has 2 fully saturated rings. The Bertz CT molecular complexity index is 255. The van der Waals surface area contributed by atoms with Gasteiger partial charge in [-0.2, -0.15) is 0 Å². The second-order valence-corrected chi connectivity index (χ2v) is 6.46. The Morgan fingerprint density at radius 2 is 2.00 bits per heavy atom. The first-order valence-electron chi connectivity index (χ1n) is 8.27. The molecule has 0 aromatic heterocycles. The van der Waals surface area contributed by atoms with Crippen LogP contribution in [0, 0.1) is 11.8 Å². The van der Waals surface area contributed by atoms with Crippen LogP contribution in [-0.4, -0.2) is 49.8 Å². The highest BCUT2D eigenvalue weighted by Gasteiger charge is 2.31. The molecule has 2 rings (SSSR count). The van der Waals surface area contributed by atoms with Crippen molar-refractivity contribution in [3.8, 4) is 0 Å². The Morgan fingerprint density at radius 1 is 1.21 bits per heavy atom. The quantitative estimate of drug-likeness (QED) is 0.685. The molecule has 0 spiro atoms. The molecule has 3 heteroatoms. The van der Waals surface area contributed by atoms with Gasteiger partial charge in [0.1, 0.15) is 0 Å². The summed E-state index contributed by atoms with van der Waals surface area (Å²) in [6.07, 6.45) is 5.27. The second kappa shape index (κ2) is 7.61. The van der Waals surface area contributed by atoms with Gasteiger partial charge in [-0.1, -0.05) is 13.8 Å². The minimum atomic E-state index is 0.696. The van der Waals surface area contributed by atoms with Crippen molar-refractivity contribution in [1.82, 2.24) is 10.2 Å². The van der Waals surface area contributed by atoms with E-state index in [4.69, 9.17) is 4.74 Å². The van der Waals surface area contributed by atoms with E-state index in [-0.39, 0.29) is 0 Å². The molecule has 1 heterocycles. The van der Waals surface area contributed by atoms with Crippen molar-refractivity contribution < 1.29 is 4.74 Å². The lowest BCUT2D eigenvalue weighted by Crippen LogP contribution is -2.53. The van der Waals surface area contributed by atoms with E-state index in [1.54, 1.807) is 0 Å². The van der Waals surface area contributed by atoms with Gasteiger partial charge in [0, 0.05) is 31.8 Å². The normalized spacial score (nSPS) is 32.7. The van der Waals surface area contributed by atoms with E-state index in [9.17, 15) is 0 Å². The molecule has 1 saturated carbocycles. The molecule has 1 N–H and O–H groups in total. The largest absolute Gasteiger partial charge is 0.381 e. The van der Waals surface area contributed by atoms with E-state index in [0.29, 0.717) is 12.1 Å². The number of nitrogens with zero attached hydrogens (tertiary/aromatic N) is 1. The molecule has 19 heavy (non-hydrogen) atoms. The van der Waals surface area contributed by atoms with Gasteiger partial charge in [0.05, 0.1) is 0 Å². The first kappa shape index (κ1) is 15.3. The summed E-state index contributed by atoms with van der Waals surface area (Å²) in [7, 11) is 0. The SMILES string of the molecule is CCNC1CCN(CCCOCC2CC2)C(C)C1C. The topological polar surface area (TPSA) is 24.5 Å². The van der Waals surface area contributed by atoms with Crippen LogP contribution in [0.4, 0.5) is 0 Å². The van der Waals surface area contributed by atoms with E-state index in [1.165, 1.54) is 38.8 Å². The van der Waals surface area contributed by atoms with E-state index in [0.717, 1.165) is 31.6 Å². The van der Waals surface area contributed by atoms with Gasteiger partial charge < -0.3 is 15.0 Å². The molecule has 3 nitrogen and oxygen atoms in total. The molecule has 3 unspecified atom stereocenters. The number of nitrogens with one attached hydrogen (secondary N) is 1. The second-order valence-electron chi connectivity index (χ2n) is 6.46. The molecule has 112 valence electrons. The van der Waals surface area contributed by atoms with Gasteiger partial charge >= 0.3 is 0 Å². The van der Waals surface area contributed by atoms with Gasteiger partial charge in [0.25, 0.3) is 0 Å². The minimum Gasteiger partial charge on any atom is -0.381 e. The maximum atomic E-state index is 5.73. The highest BCUT2D eigenvalue weighted by Crippen LogP contribution is 2.28. The Labute approximate surface area is 119 Å². The molecule has 0 aromatic carbocycles. The third-order valence-corrected chi connectivity index (χ3v) is 4.95. The third kappa shape index (κ3) is 4.73. The zero-order chi connectivity index (χ0) is 13.7. The first-order valence-corrected chi connectivity index (χ1v) is 8.27. The fourth-order valence-electron chi connectivity index (χ4n) is 3.21. The number of likely N-dealkylation sites (tertiary alicyclic amines) is 1. The van der Waals surface area contributed by atoms with Crippen LogP contribution in [0.25, 0.3) is 0 Å². The predicted octanol–water partition coefficient (Wildman–Crippen LogP) is 2.51. The lowest BCUT2D eigenvalue weighted by atomic mass is 9.87. The average Bonchev–Trinajstić information content (AvgIpc) is 3.21. The maximum Gasteiger partial charge on any atom is 0.0494 e. The van der Waals surface area contributed by atoms with Crippen LogP contribution in [0.1, 0.15) is 46.5 Å². The number of hydrogen-bond acceptors (Lipinski definition) is 3. The average molecular weight is 268 g/mol. The highest BCUT2D eigenvalue weighted by molar-refractivity contribution is 4.88. The highest BCUT2D eigenvalue weighted by atomic mass is 16.5. The van der Waals surface area contributed by atoms with Crippen molar-refractivity contribution in [2.24, 2.45) is 11.8 Å². The molecular formula is C16H32N2O. The Balaban J connectivity index is 1.60. The summed E-state index contributed by atoms with van der Waals surface area (Å²) in [5.74, 6) is 1.65. The molecule has 2 aliphatic rings. The fourth-order valence-corrected chi connectivity index (χ4v) is 3.21. The molecule has 0 aromatic rings. The summed E-state index contributed by atoms with van der Waals surface area (Å²) >= 11 is 0. The van der Waals surface area contributed by atoms with Crippen molar-refractivity contribution >= 4 is 0 Å². The molecule has 1 aliphatic heterocycles. The van der Waals surface area contributed by atoms with Crippen LogP contribution in [0.3, 0.4) is 0 Å². The van der Waals surface area contributed by atoms with Crippen molar-refractivity contribution in [1.29, 1.82) is 0 Å². The van der Waals surface area contributed by atoms with Crippen LogP contribution in [0.15, 0.2) is 0 Å². The lowest BCUT2D eigenvalue weighted by Gasteiger charge is -2.43. The Morgan fingerprint density at radius 3 is 2.68 bits per heavy atom. The number of ether oxygens (including phenoxy) is 1. The monoisotopic (exact) mass is 268 g/mol. The molecule has 1 aliphatic carbocycles. The van der Waals surface area contributed by atoms with Crippen LogP contribution in [0.2, 0.25) is 0 Å². The van der Waals surface area contributed by atoms with Gasteiger partial charge in [-0.05, 0) is 57.5 Å². The third-order valence-electron chi connectivity index (χ3n) is 4.95. The van der Waals surface area contributed by atoms with Crippen molar-refractivity contribution in [2.75, 3.05) is 32.8 Å². The lowest BCUT2D eigenvalue weighted by molar-refractivity contribution is 0.0655.